The summed E-state index contributed by atoms with van der Waals surface area (Å²) in [6, 6.07) is -0.463. The van der Waals surface area contributed by atoms with Crippen LogP contribution >= 0.6 is 11.8 Å². The summed E-state index contributed by atoms with van der Waals surface area (Å²) in [6.45, 7) is 5.41. The molecule has 0 saturated heterocycles. The Labute approximate surface area is 113 Å². The van der Waals surface area contributed by atoms with Crippen molar-refractivity contribution in [1.29, 1.82) is 0 Å². The lowest BCUT2D eigenvalue weighted by atomic mass is 10.2. The van der Waals surface area contributed by atoms with E-state index >= 15 is 0 Å². The smallest absolute Gasteiger partial charge is 0.322 e. The molecule has 0 amide bonds. The van der Waals surface area contributed by atoms with Crippen LogP contribution in [-0.2, 0) is 19.1 Å². The average Bonchev–Trinajstić information content (AvgIpc) is 2.26. The van der Waals surface area contributed by atoms with Crippen LogP contribution in [0.15, 0.2) is 0 Å². The summed E-state index contributed by atoms with van der Waals surface area (Å²) in [4.78, 5) is 23.0. The molecule has 0 bridgehead atoms. The average molecular weight is 277 g/mol. The van der Waals surface area contributed by atoms with Gasteiger partial charge in [-0.3, -0.25) is 14.9 Å². The Morgan fingerprint density at radius 1 is 1.33 bits per heavy atom. The van der Waals surface area contributed by atoms with Crippen LogP contribution in [0.2, 0.25) is 0 Å². The highest BCUT2D eigenvalue weighted by Gasteiger charge is 2.21. The van der Waals surface area contributed by atoms with Crippen molar-refractivity contribution in [1.82, 2.24) is 5.32 Å². The first-order valence-electron chi connectivity index (χ1n) is 5.82. The molecule has 0 saturated carbocycles. The standard InChI is InChI=1S/C12H23NO4S/c1-12(2,3)17-10(14)8-13-9(6-7-18-5)11(15)16-4/h9,13H,6-8H2,1-5H3/t9-/m0/s1. The molecule has 1 N–H and O–H groups in total. The maximum atomic E-state index is 11.5. The topological polar surface area (TPSA) is 64.6 Å². The minimum atomic E-state index is -0.515. The number of ether oxygens (including phenoxy) is 2. The zero-order valence-corrected chi connectivity index (χ0v) is 12.6. The van der Waals surface area contributed by atoms with E-state index in [9.17, 15) is 9.59 Å². The summed E-state index contributed by atoms with van der Waals surface area (Å²) in [6.07, 6.45) is 2.58. The van der Waals surface area contributed by atoms with Gasteiger partial charge in [0.25, 0.3) is 0 Å². The Hall–Kier alpha value is -0.750. The first kappa shape index (κ1) is 17.2. The SMILES string of the molecule is COC(=O)[C@H](CCSC)NCC(=O)OC(C)(C)C. The predicted molar refractivity (Wildman–Crippen MR) is 72.7 cm³/mol. The Kier molecular flexibility index (Phi) is 8.02. The number of hydrogen-bond donors (Lipinski definition) is 1. The lowest BCUT2D eigenvalue weighted by molar-refractivity contribution is -0.154. The lowest BCUT2D eigenvalue weighted by Gasteiger charge is -2.21. The molecule has 1 atom stereocenters. The molecule has 0 aliphatic carbocycles. The van der Waals surface area contributed by atoms with Gasteiger partial charge in [-0.05, 0) is 39.2 Å². The molecule has 0 aliphatic rings. The van der Waals surface area contributed by atoms with Gasteiger partial charge in [0.1, 0.15) is 11.6 Å². The Bertz CT molecular complexity index is 276. The van der Waals surface area contributed by atoms with E-state index in [4.69, 9.17) is 4.74 Å². The minimum absolute atomic E-state index is 0.00537. The van der Waals surface area contributed by atoms with Gasteiger partial charge in [0.15, 0.2) is 0 Å². The third kappa shape index (κ3) is 8.36. The number of thioether (sulfide) groups is 1. The summed E-state index contributed by atoms with van der Waals surface area (Å²) >= 11 is 1.64. The summed E-state index contributed by atoms with van der Waals surface area (Å²) in [5.41, 5.74) is -0.515. The molecular formula is C12H23NO4S. The monoisotopic (exact) mass is 277 g/mol. The summed E-state index contributed by atoms with van der Waals surface area (Å²) in [7, 11) is 1.34. The second-order valence-electron chi connectivity index (χ2n) is 4.82. The Balaban J connectivity index is 4.17. The molecule has 0 heterocycles. The van der Waals surface area contributed by atoms with Crippen molar-refractivity contribution in [3.05, 3.63) is 0 Å². The largest absolute Gasteiger partial charge is 0.468 e. The fourth-order valence-corrected chi connectivity index (χ4v) is 1.74. The van der Waals surface area contributed by atoms with Gasteiger partial charge in [-0.25, -0.2) is 0 Å². The molecule has 0 fully saturated rings. The van der Waals surface area contributed by atoms with Gasteiger partial charge in [0.05, 0.1) is 13.7 Å². The normalized spacial score (nSPS) is 12.9. The van der Waals surface area contributed by atoms with Gasteiger partial charge in [0.2, 0.25) is 0 Å². The first-order valence-corrected chi connectivity index (χ1v) is 7.21. The van der Waals surface area contributed by atoms with Crippen LogP contribution < -0.4 is 5.32 Å². The van der Waals surface area contributed by atoms with Crippen LogP contribution in [-0.4, -0.2) is 49.2 Å². The van der Waals surface area contributed by atoms with Crippen molar-refractivity contribution < 1.29 is 19.1 Å². The highest BCUT2D eigenvalue weighted by Crippen LogP contribution is 2.07. The van der Waals surface area contributed by atoms with Gasteiger partial charge in [0, 0.05) is 0 Å². The number of carbonyl (C=O) groups is 2. The highest BCUT2D eigenvalue weighted by atomic mass is 32.2. The summed E-state index contributed by atoms with van der Waals surface area (Å²) in [5.74, 6) is 0.0920. The number of nitrogens with one attached hydrogen (secondary N) is 1. The van der Waals surface area contributed by atoms with Crippen molar-refractivity contribution in [2.75, 3.05) is 25.7 Å². The van der Waals surface area contributed by atoms with Crippen molar-refractivity contribution in [2.45, 2.75) is 38.8 Å². The number of rotatable bonds is 7. The molecule has 0 aliphatic heterocycles. The van der Waals surface area contributed by atoms with Crippen LogP contribution in [0.5, 0.6) is 0 Å². The fraction of sp³-hybridized carbons (Fsp3) is 0.833. The van der Waals surface area contributed by atoms with E-state index in [1.165, 1.54) is 7.11 Å². The zero-order chi connectivity index (χ0) is 14.2. The quantitative estimate of drug-likeness (QED) is 0.706. The molecule has 5 nitrogen and oxygen atoms in total. The molecule has 0 aromatic carbocycles. The third-order valence-electron chi connectivity index (χ3n) is 2.01. The molecule has 18 heavy (non-hydrogen) atoms. The zero-order valence-electron chi connectivity index (χ0n) is 11.7. The van der Waals surface area contributed by atoms with Crippen molar-refractivity contribution in [3.8, 4) is 0 Å². The van der Waals surface area contributed by atoms with Crippen LogP contribution in [0.1, 0.15) is 27.2 Å². The maximum Gasteiger partial charge on any atom is 0.322 e. The predicted octanol–water partition coefficient (Wildman–Crippen LogP) is 1.21. The number of esters is 2. The van der Waals surface area contributed by atoms with Gasteiger partial charge in [-0.15, -0.1) is 0 Å². The van der Waals surface area contributed by atoms with Crippen LogP contribution in [0, 0.1) is 0 Å². The van der Waals surface area contributed by atoms with Crippen LogP contribution in [0.3, 0.4) is 0 Å². The fourth-order valence-electron chi connectivity index (χ4n) is 1.27. The third-order valence-corrected chi connectivity index (χ3v) is 2.65. The van der Waals surface area contributed by atoms with E-state index in [0.29, 0.717) is 6.42 Å². The lowest BCUT2D eigenvalue weighted by Crippen LogP contribution is -2.42. The number of carbonyl (C=O) groups excluding carboxylic acids is 2. The van der Waals surface area contributed by atoms with Crippen molar-refractivity contribution >= 4 is 23.7 Å². The maximum absolute atomic E-state index is 11.5. The molecule has 0 aromatic rings. The van der Waals surface area contributed by atoms with E-state index in [1.807, 2.05) is 6.26 Å². The Morgan fingerprint density at radius 3 is 2.39 bits per heavy atom. The number of hydrogen-bond acceptors (Lipinski definition) is 6. The first-order chi connectivity index (χ1) is 8.30. The van der Waals surface area contributed by atoms with Crippen LogP contribution in [0.25, 0.3) is 0 Å². The number of methoxy groups -OCH3 is 1. The Morgan fingerprint density at radius 2 is 1.94 bits per heavy atom. The summed E-state index contributed by atoms with van der Waals surface area (Å²) in [5, 5.41) is 2.87. The van der Waals surface area contributed by atoms with Gasteiger partial charge < -0.3 is 9.47 Å². The molecule has 0 radical (unpaired) electrons. The molecule has 0 spiro atoms. The van der Waals surface area contributed by atoms with E-state index in [0.717, 1.165) is 5.75 Å². The molecule has 6 heteroatoms. The van der Waals surface area contributed by atoms with E-state index < -0.39 is 11.6 Å². The van der Waals surface area contributed by atoms with E-state index in [2.05, 4.69) is 10.1 Å². The van der Waals surface area contributed by atoms with Gasteiger partial charge >= 0.3 is 11.9 Å². The molecule has 0 unspecified atom stereocenters. The highest BCUT2D eigenvalue weighted by molar-refractivity contribution is 7.98. The van der Waals surface area contributed by atoms with Gasteiger partial charge in [-0.2, -0.15) is 11.8 Å². The second kappa shape index (κ2) is 8.37. The molecule has 0 aromatic heterocycles. The molecule has 106 valence electrons. The van der Waals surface area contributed by atoms with E-state index in [-0.39, 0.29) is 18.5 Å². The summed E-state index contributed by atoms with van der Waals surface area (Å²) < 4.78 is 9.83. The van der Waals surface area contributed by atoms with Crippen LogP contribution in [0.4, 0.5) is 0 Å². The minimum Gasteiger partial charge on any atom is -0.468 e. The van der Waals surface area contributed by atoms with E-state index in [1.54, 1.807) is 32.5 Å². The molecule has 0 rings (SSSR count). The van der Waals surface area contributed by atoms with Crippen molar-refractivity contribution in [2.24, 2.45) is 0 Å². The second-order valence-corrected chi connectivity index (χ2v) is 5.81. The van der Waals surface area contributed by atoms with Crippen molar-refractivity contribution in [3.63, 3.8) is 0 Å². The van der Waals surface area contributed by atoms with Gasteiger partial charge in [-0.1, -0.05) is 0 Å². The molecular weight excluding hydrogens is 254 g/mol.